The molecule has 0 bridgehead atoms. The van der Waals surface area contributed by atoms with Gasteiger partial charge in [-0.1, -0.05) is 33.8 Å². The number of hydrogen-bond donors (Lipinski definition) is 2. The molecule has 0 aliphatic carbocycles. The van der Waals surface area contributed by atoms with E-state index in [4.69, 9.17) is 9.47 Å². The van der Waals surface area contributed by atoms with Crippen molar-refractivity contribution >= 4 is 11.8 Å². The van der Waals surface area contributed by atoms with Gasteiger partial charge in [-0.25, -0.2) is 0 Å². The van der Waals surface area contributed by atoms with Crippen LogP contribution in [0.3, 0.4) is 0 Å². The third-order valence-corrected chi connectivity index (χ3v) is 3.98. The Morgan fingerprint density at radius 2 is 1.77 bits per heavy atom. The Labute approximate surface area is 158 Å². The van der Waals surface area contributed by atoms with Gasteiger partial charge in [0.2, 0.25) is 0 Å². The molecule has 6 heteroatoms. The summed E-state index contributed by atoms with van der Waals surface area (Å²) in [6, 6.07) is -0.400. The zero-order chi connectivity index (χ0) is 20.1. The standard InChI is InChI=1S/C20H37NO5/c1-7-8-26-13-17(22)12-21-18(10-15(4)5)19(23)11-16(9-14(2)3)20(24)25-6/h7,14-18,21-22H,1,8-13H2,2-6H3. The molecule has 0 radical (unpaired) electrons. The van der Waals surface area contributed by atoms with Crippen LogP contribution >= 0.6 is 0 Å². The molecule has 2 N–H and O–H groups in total. The number of esters is 1. The molecule has 0 saturated heterocycles. The van der Waals surface area contributed by atoms with Crippen molar-refractivity contribution in [2.24, 2.45) is 17.8 Å². The van der Waals surface area contributed by atoms with E-state index in [9.17, 15) is 14.7 Å². The van der Waals surface area contributed by atoms with Gasteiger partial charge in [-0.3, -0.25) is 9.59 Å². The lowest BCUT2D eigenvalue weighted by atomic mass is 9.88. The van der Waals surface area contributed by atoms with Crippen LogP contribution in [0, 0.1) is 17.8 Å². The van der Waals surface area contributed by atoms with E-state index in [2.05, 4.69) is 11.9 Å². The number of nitrogens with one attached hydrogen (secondary N) is 1. The number of carbonyl (C=O) groups excluding carboxylic acids is 2. The molecule has 0 aliphatic rings. The zero-order valence-electron chi connectivity index (χ0n) is 17.0. The molecular weight excluding hydrogens is 334 g/mol. The van der Waals surface area contributed by atoms with Crippen LogP contribution in [0.2, 0.25) is 0 Å². The van der Waals surface area contributed by atoms with Gasteiger partial charge in [0.1, 0.15) is 0 Å². The molecule has 3 atom stereocenters. The summed E-state index contributed by atoms with van der Waals surface area (Å²) in [4.78, 5) is 24.7. The Balaban J connectivity index is 4.78. The lowest BCUT2D eigenvalue weighted by Gasteiger charge is -2.24. The summed E-state index contributed by atoms with van der Waals surface area (Å²) in [5, 5.41) is 13.1. The highest BCUT2D eigenvalue weighted by atomic mass is 16.5. The normalized spacial score (nSPS) is 14.9. The van der Waals surface area contributed by atoms with Gasteiger partial charge < -0.3 is 19.9 Å². The van der Waals surface area contributed by atoms with E-state index >= 15 is 0 Å². The van der Waals surface area contributed by atoms with E-state index in [0.29, 0.717) is 31.3 Å². The molecule has 0 heterocycles. The van der Waals surface area contributed by atoms with Crippen molar-refractivity contribution in [3.8, 4) is 0 Å². The Kier molecular flexibility index (Phi) is 13.2. The number of methoxy groups -OCH3 is 1. The molecule has 26 heavy (non-hydrogen) atoms. The van der Waals surface area contributed by atoms with E-state index in [0.717, 1.165) is 0 Å². The van der Waals surface area contributed by atoms with Gasteiger partial charge >= 0.3 is 5.97 Å². The third kappa shape index (κ3) is 11.4. The maximum absolute atomic E-state index is 12.8. The summed E-state index contributed by atoms with van der Waals surface area (Å²) in [5.41, 5.74) is 0. The van der Waals surface area contributed by atoms with Crippen molar-refractivity contribution in [2.75, 3.05) is 26.9 Å². The molecule has 0 fully saturated rings. The fourth-order valence-electron chi connectivity index (χ4n) is 2.81. The number of ketones is 1. The largest absolute Gasteiger partial charge is 0.469 e. The van der Waals surface area contributed by atoms with E-state index in [-0.39, 0.29) is 31.3 Å². The maximum atomic E-state index is 12.8. The molecule has 0 amide bonds. The van der Waals surface area contributed by atoms with E-state index < -0.39 is 18.1 Å². The second-order valence-corrected chi connectivity index (χ2v) is 7.59. The van der Waals surface area contributed by atoms with Crippen molar-refractivity contribution < 1.29 is 24.2 Å². The summed E-state index contributed by atoms with van der Waals surface area (Å²) < 4.78 is 10.1. The maximum Gasteiger partial charge on any atom is 0.309 e. The first-order valence-electron chi connectivity index (χ1n) is 9.41. The highest BCUT2D eigenvalue weighted by Crippen LogP contribution is 2.19. The molecule has 152 valence electrons. The number of hydrogen-bond acceptors (Lipinski definition) is 6. The molecule has 6 nitrogen and oxygen atoms in total. The highest BCUT2D eigenvalue weighted by Gasteiger charge is 2.28. The first-order valence-corrected chi connectivity index (χ1v) is 9.41. The van der Waals surface area contributed by atoms with Gasteiger partial charge in [0.15, 0.2) is 5.78 Å². The van der Waals surface area contributed by atoms with Gasteiger partial charge in [-0.2, -0.15) is 0 Å². The minimum absolute atomic E-state index is 0.0195. The van der Waals surface area contributed by atoms with Crippen molar-refractivity contribution in [3.63, 3.8) is 0 Å². The summed E-state index contributed by atoms with van der Waals surface area (Å²) in [6.07, 6.45) is 2.33. The lowest BCUT2D eigenvalue weighted by molar-refractivity contribution is -0.148. The second-order valence-electron chi connectivity index (χ2n) is 7.59. The fraction of sp³-hybridized carbons (Fsp3) is 0.800. The lowest BCUT2D eigenvalue weighted by Crippen LogP contribution is -2.44. The van der Waals surface area contributed by atoms with Crippen molar-refractivity contribution in [2.45, 2.75) is 59.1 Å². The zero-order valence-corrected chi connectivity index (χ0v) is 17.0. The fourth-order valence-corrected chi connectivity index (χ4v) is 2.81. The van der Waals surface area contributed by atoms with Gasteiger partial charge in [-0.05, 0) is 24.7 Å². The third-order valence-electron chi connectivity index (χ3n) is 3.98. The Morgan fingerprint density at radius 3 is 2.27 bits per heavy atom. The van der Waals surface area contributed by atoms with Gasteiger partial charge in [0.05, 0.1) is 38.4 Å². The molecule has 0 aromatic rings. The van der Waals surface area contributed by atoms with Crippen LogP contribution in [0.25, 0.3) is 0 Å². The molecule has 0 aliphatic heterocycles. The number of rotatable bonds is 15. The van der Waals surface area contributed by atoms with Gasteiger partial charge in [0, 0.05) is 13.0 Å². The first kappa shape index (κ1) is 24.8. The molecular formula is C20H37NO5. The second kappa shape index (κ2) is 13.9. The average Bonchev–Trinajstić information content (AvgIpc) is 2.56. The first-order chi connectivity index (χ1) is 12.2. The van der Waals surface area contributed by atoms with Crippen LogP contribution in [0.4, 0.5) is 0 Å². The molecule has 0 spiro atoms. The number of aliphatic hydroxyl groups is 1. The van der Waals surface area contributed by atoms with Crippen molar-refractivity contribution in [3.05, 3.63) is 12.7 Å². The van der Waals surface area contributed by atoms with E-state index in [1.807, 2.05) is 27.7 Å². The molecule has 0 saturated carbocycles. The Hall–Kier alpha value is -1.24. The summed E-state index contributed by atoms with van der Waals surface area (Å²) in [7, 11) is 1.35. The summed E-state index contributed by atoms with van der Waals surface area (Å²) in [6.45, 7) is 12.5. The number of carbonyl (C=O) groups is 2. The van der Waals surface area contributed by atoms with Gasteiger partial charge in [0.25, 0.3) is 0 Å². The Morgan fingerprint density at radius 1 is 1.15 bits per heavy atom. The van der Waals surface area contributed by atoms with Crippen LogP contribution in [0.1, 0.15) is 47.0 Å². The quantitative estimate of drug-likeness (QED) is 0.261. The topological polar surface area (TPSA) is 84.9 Å². The minimum Gasteiger partial charge on any atom is -0.469 e. The van der Waals surface area contributed by atoms with Gasteiger partial charge in [-0.15, -0.1) is 6.58 Å². The smallest absolute Gasteiger partial charge is 0.309 e. The van der Waals surface area contributed by atoms with Crippen LogP contribution in [0.5, 0.6) is 0 Å². The SMILES string of the molecule is C=CCOCC(O)CNC(CC(C)C)C(=O)CC(CC(C)C)C(=O)OC. The van der Waals surface area contributed by atoms with Crippen LogP contribution in [0.15, 0.2) is 12.7 Å². The highest BCUT2D eigenvalue weighted by molar-refractivity contribution is 5.88. The van der Waals surface area contributed by atoms with E-state index in [1.54, 1.807) is 6.08 Å². The van der Waals surface area contributed by atoms with Crippen LogP contribution < -0.4 is 5.32 Å². The van der Waals surface area contributed by atoms with Crippen molar-refractivity contribution in [1.29, 1.82) is 0 Å². The molecule has 3 unspecified atom stereocenters. The summed E-state index contributed by atoms with van der Waals surface area (Å²) >= 11 is 0. The predicted octanol–water partition coefficient (Wildman–Crippen LogP) is 2.35. The van der Waals surface area contributed by atoms with Crippen LogP contribution in [-0.2, 0) is 19.1 Å². The average molecular weight is 372 g/mol. The molecule has 0 rings (SSSR count). The van der Waals surface area contributed by atoms with E-state index in [1.165, 1.54) is 7.11 Å². The van der Waals surface area contributed by atoms with Crippen LogP contribution in [-0.4, -0.2) is 55.9 Å². The molecule has 0 aromatic carbocycles. The Bertz CT molecular complexity index is 422. The predicted molar refractivity (Wildman–Crippen MR) is 103 cm³/mol. The number of Topliss-reactive ketones (excluding diaryl/α,β-unsaturated/α-hetero) is 1. The van der Waals surface area contributed by atoms with Crippen molar-refractivity contribution in [1.82, 2.24) is 5.32 Å². The number of aliphatic hydroxyl groups excluding tert-OH is 1. The summed E-state index contributed by atoms with van der Waals surface area (Å²) in [5.74, 6) is -0.175. The minimum atomic E-state index is -0.704. The monoisotopic (exact) mass is 371 g/mol. The number of ether oxygens (including phenoxy) is 2. The molecule has 0 aromatic heterocycles.